The van der Waals surface area contributed by atoms with Crippen LogP contribution in [0.2, 0.25) is 0 Å². The number of hydrogen-bond acceptors (Lipinski definition) is 3. The lowest BCUT2D eigenvalue weighted by Gasteiger charge is -2.58. The number of nitrogens with one attached hydrogen (secondary N) is 1. The Balaban J connectivity index is 1.96. The molecule has 0 aromatic heterocycles. The molecule has 0 heterocycles. The maximum absolute atomic E-state index is 12.8. The Morgan fingerprint density at radius 3 is 2.60 bits per heavy atom. The number of Topliss-reactive ketones (excluding diaryl/α,β-unsaturated/α-hetero) is 1. The summed E-state index contributed by atoms with van der Waals surface area (Å²) in [5, 5.41) is 2.89. The van der Waals surface area contributed by atoms with Gasteiger partial charge in [-0.15, -0.1) is 0 Å². The molecule has 3 aliphatic carbocycles. The second-order valence-electron chi connectivity index (χ2n) is 8.77. The van der Waals surface area contributed by atoms with Gasteiger partial charge in [-0.25, -0.2) is 0 Å². The summed E-state index contributed by atoms with van der Waals surface area (Å²) in [5.74, 6) is 1.02. The first-order valence-electron chi connectivity index (χ1n) is 9.58. The van der Waals surface area contributed by atoms with Gasteiger partial charge >= 0.3 is 0 Å². The summed E-state index contributed by atoms with van der Waals surface area (Å²) in [6.07, 6.45) is 10.8. The first-order chi connectivity index (χ1) is 11.7. The van der Waals surface area contributed by atoms with E-state index in [9.17, 15) is 9.59 Å². The molecule has 0 amide bonds. The topological polar surface area (TPSA) is 46.2 Å². The van der Waals surface area contributed by atoms with Crippen LogP contribution in [-0.4, -0.2) is 18.6 Å². The highest BCUT2D eigenvalue weighted by Crippen LogP contribution is 2.62. The molecule has 3 rings (SSSR count). The van der Waals surface area contributed by atoms with Crippen LogP contribution in [0.4, 0.5) is 0 Å². The summed E-state index contributed by atoms with van der Waals surface area (Å²) < 4.78 is 0. The molecule has 1 saturated carbocycles. The van der Waals surface area contributed by atoms with Gasteiger partial charge in [0, 0.05) is 18.7 Å². The molecule has 3 heteroatoms. The maximum atomic E-state index is 12.8. The first-order valence-corrected chi connectivity index (χ1v) is 9.58. The smallest absolute Gasteiger partial charge is 0.205 e. The average Bonchev–Trinajstić information content (AvgIpc) is 2.57. The standard InChI is InChI=1S/C22H31NO2/c1-14-7-6-8-19-21(14,3)10-9-15(2)22(19,4)13-16-11-17(24)12-18(23-5)20(16)25/h7,11-12,15,19,23H,6,8-10,13H2,1-5H3/t15?,19?,21?,22-/m1/s1. The number of carbonyl (C=O) groups excluding carboxylic acids is 2. The first kappa shape index (κ1) is 18.2. The molecule has 136 valence electrons. The van der Waals surface area contributed by atoms with Crippen LogP contribution in [0.5, 0.6) is 0 Å². The SMILES string of the molecule is CNC1=CC(=O)C=C(C[C@]2(C)C(C)CCC3(C)C(C)=CCCC32)C1=O. The predicted molar refractivity (Wildman–Crippen MR) is 101 cm³/mol. The van der Waals surface area contributed by atoms with Crippen LogP contribution < -0.4 is 5.32 Å². The Morgan fingerprint density at radius 1 is 1.20 bits per heavy atom. The molecule has 3 nitrogen and oxygen atoms in total. The van der Waals surface area contributed by atoms with Crippen LogP contribution in [0.1, 0.15) is 59.8 Å². The van der Waals surface area contributed by atoms with Crippen molar-refractivity contribution in [3.63, 3.8) is 0 Å². The van der Waals surface area contributed by atoms with Crippen LogP contribution in [0.25, 0.3) is 0 Å². The van der Waals surface area contributed by atoms with Gasteiger partial charge < -0.3 is 5.32 Å². The molecule has 0 bridgehead atoms. The zero-order valence-electron chi connectivity index (χ0n) is 16.2. The average molecular weight is 341 g/mol. The highest BCUT2D eigenvalue weighted by Gasteiger charge is 2.53. The number of hydrogen-bond donors (Lipinski definition) is 1. The van der Waals surface area contributed by atoms with Gasteiger partial charge in [0.1, 0.15) is 0 Å². The molecule has 25 heavy (non-hydrogen) atoms. The predicted octanol–water partition coefficient (Wildman–Crippen LogP) is 4.36. The molecule has 0 saturated heterocycles. The minimum atomic E-state index is -0.0755. The summed E-state index contributed by atoms with van der Waals surface area (Å²) in [6, 6.07) is 0. The third-order valence-electron chi connectivity index (χ3n) is 7.57. The van der Waals surface area contributed by atoms with Gasteiger partial charge in [0.25, 0.3) is 0 Å². The van der Waals surface area contributed by atoms with E-state index in [1.165, 1.54) is 30.9 Å². The van der Waals surface area contributed by atoms with Crippen molar-refractivity contribution >= 4 is 11.6 Å². The minimum Gasteiger partial charge on any atom is -0.385 e. The fourth-order valence-electron chi connectivity index (χ4n) is 5.60. The van der Waals surface area contributed by atoms with Gasteiger partial charge in [0.2, 0.25) is 5.78 Å². The van der Waals surface area contributed by atoms with Gasteiger partial charge in [-0.2, -0.15) is 0 Å². The number of allylic oxidation sites excluding steroid dienone is 5. The van der Waals surface area contributed by atoms with E-state index in [0.29, 0.717) is 29.5 Å². The van der Waals surface area contributed by atoms with E-state index < -0.39 is 0 Å². The molecule has 3 aliphatic rings. The van der Waals surface area contributed by atoms with Gasteiger partial charge in [-0.05, 0) is 67.8 Å². The Morgan fingerprint density at radius 2 is 1.92 bits per heavy atom. The van der Waals surface area contributed by atoms with Crippen LogP contribution in [0.15, 0.2) is 35.1 Å². The maximum Gasteiger partial charge on any atom is 0.205 e. The van der Waals surface area contributed by atoms with Crippen molar-refractivity contribution in [3.8, 4) is 0 Å². The van der Waals surface area contributed by atoms with Gasteiger partial charge in [-0.3, -0.25) is 9.59 Å². The molecule has 4 atom stereocenters. The molecule has 0 aromatic rings. The van der Waals surface area contributed by atoms with Crippen molar-refractivity contribution < 1.29 is 9.59 Å². The van der Waals surface area contributed by atoms with Crippen LogP contribution in [0.3, 0.4) is 0 Å². The zero-order chi connectivity index (χ0) is 18.4. The molecule has 0 aromatic carbocycles. The minimum absolute atomic E-state index is 0.00845. The third kappa shape index (κ3) is 2.82. The molecular formula is C22H31NO2. The molecule has 0 spiro atoms. The molecular weight excluding hydrogens is 310 g/mol. The monoisotopic (exact) mass is 341 g/mol. The Labute approximate surface area is 151 Å². The second kappa shape index (κ2) is 6.26. The van der Waals surface area contributed by atoms with Crippen molar-refractivity contribution in [3.05, 3.63) is 35.1 Å². The lowest BCUT2D eigenvalue weighted by Crippen LogP contribution is -2.50. The molecule has 0 aliphatic heterocycles. The molecule has 3 unspecified atom stereocenters. The van der Waals surface area contributed by atoms with Crippen molar-refractivity contribution in [2.75, 3.05) is 7.05 Å². The summed E-state index contributed by atoms with van der Waals surface area (Å²) in [5.41, 5.74) is 2.89. The Hall–Kier alpha value is -1.64. The largest absolute Gasteiger partial charge is 0.385 e. The highest BCUT2D eigenvalue weighted by atomic mass is 16.1. The fraction of sp³-hybridized carbons (Fsp3) is 0.636. The summed E-state index contributed by atoms with van der Waals surface area (Å²) in [4.78, 5) is 24.8. The number of fused-ring (bicyclic) bond motifs is 1. The van der Waals surface area contributed by atoms with Crippen molar-refractivity contribution in [1.29, 1.82) is 0 Å². The van der Waals surface area contributed by atoms with Crippen LogP contribution in [-0.2, 0) is 9.59 Å². The van der Waals surface area contributed by atoms with E-state index in [1.807, 2.05) is 0 Å². The van der Waals surface area contributed by atoms with E-state index >= 15 is 0 Å². The Kier molecular flexibility index (Phi) is 4.55. The van der Waals surface area contributed by atoms with E-state index in [1.54, 1.807) is 13.1 Å². The summed E-state index contributed by atoms with van der Waals surface area (Å²) >= 11 is 0. The van der Waals surface area contributed by atoms with Crippen molar-refractivity contribution in [2.24, 2.45) is 22.7 Å². The quantitative estimate of drug-likeness (QED) is 0.613. The van der Waals surface area contributed by atoms with E-state index in [0.717, 1.165) is 6.42 Å². The van der Waals surface area contributed by atoms with E-state index in [4.69, 9.17) is 0 Å². The van der Waals surface area contributed by atoms with Gasteiger partial charge in [0.15, 0.2) is 5.78 Å². The van der Waals surface area contributed by atoms with Gasteiger partial charge in [-0.1, -0.05) is 32.4 Å². The lowest BCUT2D eigenvalue weighted by atomic mass is 9.46. The Bertz CT molecular complexity index is 699. The van der Waals surface area contributed by atoms with Crippen molar-refractivity contribution in [2.45, 2.75) is 59.8 Å². The van der Waals surface area contributed by atoms with Crippen molar-refractivity contribution in [1.82, 2.24) is 5.32 Å². The number of rotatable bonds is 3. The van der Waals surface area contributed by atoms with Crippen LogP contribution >= 0.6 is 0 Å². The normalized spacial score (nSPS) is 38.5. The number of likely N-dealkylation sites (N-methyl/N-ethyl adjacent to an activating group) is 1. The third-order valence-corrected chi connectivity index (χ3v) is 7.57. The fourth-order valence-corrected chi connectivity index (χ4v) is 5.60. The number of carbonyl (C=O) groups is 2. The van der Waals surface area contributed by atoms with Crippen LogP contribution in [0, 0.1) is 22.7 Å². The number of ketones is 2. The second-order valence-corrected chi connectivity index (χ2v) is 8.77. The lowest BCUT2D eigenvalue weighted by molar-refractivity contribution is -0.116. The molecule has 0 radical (unpaired) electrons. The van der Waals surface area contributed by atoms with E-state index in [-0.39, 0.29) is 22.4 Å². The zero-order valence-corrected chi connectivity index (χ0v) is 16.2. The summed E-state index contributed by atoms with van der Waals surface area (Å²) in [7, 11) is 1.71. The molecule has 1 N–H and O–H groups in total. The molecule has 1 fully saturated rings. The summed E-state index contributed by atoms with van der Waals surface area (Å²) in [6.45, 7) is 9.37. The van der Waals surface area contributed by atoms with Gasteiger partial charge in [0.05, 0.1) is 5.70 Å². The van der Waals surface area contributed by atoms with E-state index in [2.05, 4.69) is 39.1 Å². The highest BCUT2D eigenvalue weighted by molar-refractivity contribution is 6.19.